The maximum atomic E-state index is 13.4. The van der Waals surface area contributed by atoms with Gasteiger partial charge < -0.3 is 9.64 Å². The molecule has 2 fully saturated rings. The summed E-state index contributed by atoms with van der Waals surface area (Å²) in [6.45, 7) is 4.59. The fourth-order valence-electron chi connectivity index (χ4n) is 3.63. The van der Waals surface area contributed by atoms with Gasteiger partial charge in [-0.1, -0.05) is 60.1 Å². The number of anilines is 1. The van der Waals surface area contributed by atoms with Gasteiger partial charge in [0.05, 0.1) is 18.1 Å². The monoisotopic (exact) mass is 438 g/mol. The molecule has 0 atom stereocenters. The second kappa shape index (κ2) is 8.73. The lowest BCUT2D eigenvalue weighted by Gasteiger charge is -2.27. The summed E-state index contributed by atoms with van der Waals surface area (Å²) in [6, 6.07) is 7.04. The molecule has 1 aromatic carbocycles. The van der Waals surface area contributed by atoms with Crippen molar-refractivity contribution in [2.45, 2.75) is 58.5 Å². The van der Waals surface area contributed by atoms with Gasteiger partial charge in [0, 0.05) is 18.3 Å². The zero-order valence-corrected chi connectivity index (χ0v) is 18.5. The molecular formula is C20H26N2O3S3. The SMILES string of the molecule is Cc1ccc(S(=O)(=O)c2nc(SC3CCCCC3)sc2N2CCOCC2)cc1. The number of hydrogen-bond donors (Lipinski definition) is 0. The normalized spacial score (nSPS) is 19.1. The van der Waals surface area contributed by atoms with Gasteiger partial charge in [0.15, 0.2) is 9.37 Å². The minimum Gasteiger partial charge on any atom is -0.378 e. The maximum Gasteiger partial charge on any atom is 0.226 e. The first kappa shape index (κ1) is 20.2. The van der Waals surface area contributed by atoms with Crippen LogP contribution in [0.15, 0.2) is 38.5 Å². The number of sulfone groups is 1. The summed E-state index contributed by atoms with van der Waals surface area (Å²) in [6.07, 6.45) is 6.21. The second-order valence-electron chi connectivity index (χ2n) is 7.38. The third-order valence-electron chi connectivity index (χ3n) is 5.26. The highest BCUT2D eigenvalue weighted by molar-refractivity contribution is 8.01. The van der Waals surface area contributed by atoms with Crippen LogP contribution in [-0.2, 0) is 14.6 Å². The molecule has 28 heavy (non-hydrogen) atoms. The van der Waals surface area contributed by atoms with Crippen molar-refractivity contribution in [1.29, 1.82) is 0 Å². The van der Waals surface area contributed by atoms with Gasteiger partial charge in [0.2, 0.25) is 9.84 Å². The Morgan fingerprint density at radius 1 is 1.11 bits per heavy atom. The minimum atomic E-state index is -3.65. The number of thioether (sulfide) groups is 1. The Bertz CT molecular complexity index is 897. The molecule has 8 heteroatoms. The van der Waals surface area contributed by atoms with Gasteiger partial charge in [0.25, 0.3) is 0 Å². The Hall–Kier alpha value is -1.09. The number of ether oxygens (including phenoxy) is 1. The Balaban J connectivity index is 1.69. The Morgan fingerprint density at radius 3 is 2.46 bits per heavy atom. The number of thiazole rings is 1. The molecule has 0 unspecified atom stereocenters. The third kappa shape index (κ3) is 4.40. The largest absolute Gasteiger partial charge is 0.378 e. The fraction of sp³-hybridized carbons (Fsp3) is 0.550. The Morgan fingerprint density at radius 2 is 1.79 bits per heavy atom. The minimum absolute atomic E-state index is 0.210. The molecule has 0 radical (unpaired) electrons. The summed E-state index contributed by atoms with van der Waals surface area (Å²) >= 11 is 3.29. The van der Waals surface area contributed by atoms with E-state index in [-0.39, 0.29) is 5.03 Å². The van der Waals surface area contributed by atoms with Gasteiger partial charge >= 0.3 is 0 Å². The van der Waals surface area contributed by atoms with Crippen LogP contribution in [0.1, 0.15) is 37.7 Å². The molecule has 0 bridgehead atoms. The lowest BCUT2D eigenvalue weighted by atomic mass is 10.0. The Labute approximate surface area is 175 Å². The molecule has 2 aliphatic rings. The van der Waals surface area contributed by atoms with E-state index in [0.29, 0.717) is 36.4 Å². The number of benzene rings is 1. The highest BCUT2D eigenvalue weighted by Gasteiger charge is 2.31. The van der Waals surface area contributed by atoms with Crippen LogP contribution >= 0.6 is 23.1 Å². The number of rotatable bonds is 5. The number of aromatic nitrogens is 1. The quantitative estimate of drug-likeness (QED) is 0.683. The average Bonchev–Trinajstić information content (AvgIpc) is 3.14. The van der Waals surface area contributed by atoms with Gasteiger partial charge in [-0.05, 0) is 31.9 Å². The summed E-state index contributed by atoms with van der Waals surface area (Å²) in [5, 5.41) is 1.52. The van der Waals surface area contributed by atoms with Crippen molar-refractivity contribution in [1.82, 2.24) is 4.98 Å². The van der Waals surface area contributed by atoms with E-state index in [1.54, 1.807) is 23.9 Å². The fourth-order valence-corrected chi connectivity index (χ4v) is 8.07. The molecule has 1 aromatic heterocycles. The smallest absolute Gasteiger partial charge is 0.226 e. The molecule has 1 saturated carbocycles. The zero-order chi connectivity index (χ0) is 19.6. The molecule has 152 valence electrons. The van der Waals surface area contributed by atoms with Crippen LogP contribution in [-0.4, -0.2) is 45.0 Å². The van der Waals surface area contributed by atoms with Gasteiger partial charge in [0.1, 0.15) is 5.00 Å². The predicted octanol–water partition coefficient (Wildman–Crippen LogP) is 4.55. The van der Waals surface area contributed by atoms with Crippen molar-refractivity contribution in [2.75, 3.05) is 31.2 Å². The molecule has 2 aromatic rings. The molecular weight excluding hydrogens is 412 g/mol. The summed E-state index contributed by atoms with van der Waals surface area (Å²) < 4.78 is 33.1. The van der Waals surface area contributed by atoms with E-state index < -0.39 is 9.84 Å². The molecule has 4 rings (SSSR count). The van der Waals surface area contributed by atoms with Crippen LogP contribution in [0.2, 0.25) is 0 Å². The number of morpholine rings is 1. The van der Waals surface area contributed by atoms with Crippen molar-refractivity contribution >= 4 is 37.9 Å². The van der Waals surface area contributed by atoms with Crippen molar-refractivity contribution in [3.8, 4) is 0 Å². The molecule has 1 aliphatic carbocycles. The average molecular weight is 439 g/mol. The van der Waals surface area contributed by atoms with Crippen molar-refractivity contribution < 1.29 is 13.2 Å². The molecule has 1 saturated heterocycles. The Kier molecular flexibility index (Phi) is 6.30. The topological polar surface area (TPSA) is 59.5 Å². The number of aryl methyl sites for hydroxylation is 1. The van der Waals surface area contributed by atoms with E-state index in [0.717, 1.165) is 14.9 Å². The van der Waals surface area contributed by atoms with Crippen LogP contribution in [0.4, 0.5) is 5.00 Å². The van der Waals surface area contributed by atoms with Gasteiger partial charge in [-0.15, -0.1) is 0 Å². The van der Waals surface area contributed by atoms with Crippen molar-refractivity contribution in [2.24, 2.45) is 0 Å². The van der Waals surface area contributed by atoms with Crippen LogP contribution < -0.4 is 4.90 Å². The van der Waals surface area contributed by atoms with E-state index in [1.165, 1.54) is 43.4 Å². The van der Waals surface area contributed by atoms with Crippen molar-refractivity contribution in [3.05, 3.63) is 29.8 Å². The van der Waals surface area contributed by atoms with Gasteiger partial charge in [-0.25, -0.2) is 13.4 Å². The lowest BCUT2D eigenvalue weighted by Crippen LogP contribution is -2.36. The van der Waals surface area contributed by atoms with Crippen LogP contribution in [0.25, 0.3) is 0 Å². The van der Waals surface area contributed by atoms with Gasteiger partial charge in [-0.2, -0.15) is 0 Å². The van der Waals surface area contributed by atoms with E-state index in [1.807, 2.05) is 19.1 Å². The first-order valence-electron chi connectivity index (χ1n) is 9.86. The summed E-state index contributed by atoms with van der Waals surface area (Å²) in [4.78, 5) is 7.09. The number of hydrogen-bond acceptors (Lipinski definition) is 7. The molecule has 0 N–H and O–H groups in total. The highest BCUT2D eigenvalue weighted by atomic mass is 32.2. The van der Waals surface area contributed by atoms with Crippen LogP contribution in [0.5, 0.6) is 0 Å². The van der Waals surface area contributed by atoms with Crippen molar-refractivity contribution in [3.63, 3.8) is 0 Å². The first-order valence-corrected chi connectivity index (χ1v) is 13.0. The molecule has 0 amide bonds. The van der Waals surface area contributed by atoms with E-state index >= 15 is 0 Å². The van der Waals surface area contributed by atoms with Crippen LogP contribution in [0.3, 0.4) is 0 Å². The van der Waals surface area contributed by atoms with Crippen LogP contribution in [0, 0.1) is 6.92 Å². The molecule has 5 nitrogen and oxygen atoms in total. The molecule has 2 heterocycles. The van der Waals surface area contributed by atoms with E-state index in [4.69, 9.17) is 4.74 Å². The molecule has 0 spiro atoms. The summed E-state index contributed by atoms with van der Waals surface area (Å²) in [5.74, 6) is 0. The van der Waals surface area contributed by atoms with E-state index in [2.05, 4.69) is 9.88 Å². The standard InChI is InChI=1S/C20H26N2O3S3/c1-15-7-9-17(10-8-15)28(23,24)18-19(22-11-13-25-14-12-22)27-20(21-18)26-16-5-3-2-4-6-16/h7-10,16H,2-6,11-14H2,1H3. The second-order valence-corrected chi connectivity index (χ2v) is 11.8. The molecule has 1 aliphatic heterocycles. The predicted molar refractivity (Wildman–Crippen MR) is 115 cm³/mol. The zero-order valence-electron chi connectivity index (χ0n) is 16.1. The summed E-state index contributed by atoms with van der Waals surface area (Å²) in [5.41, 5.74) is 1.04. The van der Waals surface area contributed by atoms with E-state index in [9.17, 15) is 8.42 Å². The maximum absolute atomic E-state index is 13.4. The third-order valence-corrected chi connectivity index (χ3v) is 9.63. The number of nitrogens with zero attached hydrogens (tertiary/aromatic N) is 2. The van der Waals surface area contributed by atoms with Gasteiger partial charge in [-0.3, -0.25) is 0 Å². The summed E-state index contributed by atoms with van der Waals surface area (Å²) in [7, 11) is -3.65. The lowest BCUT2D eigenvalue weighted by molar-refractivity contribution is 0.123. The highest BCUT2D eigenvalue weighted by Crippen LogP contribution is 2.42. The first-order chi connectivity index (χ1) is 13.5.